The Kier molecular flexibility index (Phi) is 4.77. The van der Waals surface area contributed by atoms with Crippen molar-refractivity contribution in [1.29, 1.82) is 0 Å². The van der Waals surface area contributed by atoms with Crippen molar-refractivity contribution in [3.8, 4) is 0 Å². The summed E-state index contributed by atoms with van der Waals surface area (Å²) in [5.41, 5.74) is 5.30. The molecule has 0 aromatic carbocycles. The minimum absolute atomic E-state index is 0.324. The van der Waals surface area contributed by atoms with Crippen LogP contribution >= 0.6 is 12.2 Å². The molecule has 5 heteroatoms. The van der Waals surface area contributed by atoms with Crippen molar-refractivity contribution >= 4 is 23.2 Å². The van der Waals surface area contributed by atoms with Gasteiger partial charge >= 0.3 is 5.97 Å². The molecule has 70 valence electrons. The van der Waals surface area contributed by atoms with Gasteiger partial charge in [0.15, 0.2) is 0 Å². The van der Waals surface area contributed by atoms with Crippen LogP contribution in [0, 0.1) is 0 Å². The highest BCUT2D eigenvalue weighted by Crippen LogP contribution is 1.97. The molecule has 4 nitrogen and oxygen atoms in total. The minimum Gasteiger partial charge on any atom is -0.480 e. The predicted molar refractivity (Wildman–Crippen MR) is 51.1 cm³/mol. The van der Waals surface area contributed by atoms with Crippen LogP contribution in [-0.2, 0) is 4.79 Å². The van der Waals surface area contributed by atoms with Crippen molar-refractivity contribution in [2.24, 2.45) is 5.73 Å². The molecule has 0 aliphatic carbocycles. The lowest BCUT2D eigenvalue weighted by atomic mass is 10.3. The van der Waals surface area contributed by atoms with E-state index in [1.807, 2.05) is 6.92 Å². The molecule has 3 N–H and O–H groups in total. The van der Waals surface area contributed by atoms with Gasteiger partial charge in [0.05, 0.1) is 4.99 Å². The van der Waals surface area contributed by atoms with E-state index >= 15 is 0 Å². The van der Waals surface area contributed by atoms with Gasteiger partial charge in [0.25, 0.3) is 0 Å². The van der Waals surface area contributed by atoms with Crippen LogP contribution < -0.4 is 5.73 Å². The quantitative estimate of drug-likeness (QED) is 0.600. The molecule has 0 aromatic heterocycles. The van der Waals surface area contributed by atoms with Gasteiger partial charge in [-0.3, -0.25) is 9.69 Å². The van der Waals surface area contributed by atoms with Crippen molar-refractivity contribution < 1.29 is 9.90 Å². The maximum atomic E-state index is 10.6. The van der Waals surface area contributed by atoms with Gasteiger partial charge in [-0.05, 0) is 13.5 Å². The molecule has 0 saturated carbocycles. The number of thiocarbonyl (C=S) groups is 1. The average molecular weight is 190 g/mol. The molecule has 0 amide bonds. The van der Waals surface area contributed by atoms with Gasteiger partial charge in [0.2, 0.25) is 0 Å². The van der Waals surface area contributed by atoms with Crippen molar-refractivity contribution in [1.82, 2.24) is 4.90 Å². The predicted octanol–water partition coefficient (Wildman–Crippen LogP) is 0.0675. The zero-order valence-electron chi connectivity index (χ0n) is 7.28. The third kappa shape index (κ3) is 3.64. The van der Waals surface area contributed by atoms with Gasteiger partial charge in [0.1, 0.15) is 6.04 Å². The van der Waals surface area contributed by atoms with Gasteiger partial charge in [-0.15, -0.1) is 0 Å². The molecule has 1 unspecified atom stereocenters. The number of carbonyl (C=O) groups is 1. The number of hydrogen-bond donors (Lipinski definition) is 2. The molecule has 12 heavy (non-hydrogen) atoms. The molecule has 0 fully saturated rings. The molecular formula is C7H14N2O2S. The summed E-state index contributed by atoms with van der Waals surface area (Å²) in [6.07, 6.45) is 0. The van der Waals surface area contributed by atoms with E-state index in [-0.39, 0.29) is 0 Å². The molecule has 1 atom stereocenters. The van der Waals surface area contributed by atoms with Gasteiger partial charge in [-0.25, -0.2) is 0 Å². The van der Waals surface area contributed by atoms with Crippen LogP contribution in [0.15, 0.2) is 0 Å². The zero-order valence-corrected chi connectivity index (χ0v) is 8.10. The second-order valence-electron chi connectivity index (χ2n) is 2.54. The molecule has 0 aliphatic rings. The lowest BCUT2D eigenvalue weighted by Crippen LogP contribution is -2.43. The van der Waals surface area contributed by atoms with E-state index in [9.17, 15) is 4.79 Å². The number of nitrogens with zero attached hydrogens (tertiary/aromatic N) is 1. The van der Waals surface area contributed by atoms with E-state index < -0.39 is 12.0 Å². The molecule has 0 aromatic rings. The first-order valence-electron chi connectivity index (χ1n) is 3.74. The first-order chi connectivity index (χ1) is 5.49. The van der Waals surface area contributed by atoms with Crippen LogP contribution in [0.3, 0.4) is 0 Å². The number of rotatable bonds is 5. The van der Waals surface area contributed by atoms with E-state index in [1.165, 1.54) is 0 Å². The minimum atomic E-state index is -0.854. The van der Waals surface area contributed by atoms with E-state index in [0.717, 1.165) is 0 Å². The highest BCUT2D eigenvalue weighted by Gasteiger charge is 2.18. The van der Waals surface area contributed by atoms with E-state index in [4.69, 9.17) is 10.8 Å². The highest BCUT2D eigenvalue weighted by atomic mass is 32.1. The summed E-state index contributed by atoms with van der Waals surface area (Å²) in [5.74, 6) is -0.854. The fraction of sp³-hybridized carbons (Fsp3) is 0.714. The second kappa shape index (κ2) is 5.05. The maximum absolute atomic E-state index is 10.6. The standard InChI is InChI=1S/C7H14N2O2S/c1-3-9(4-6(8)12)5(2)7(10)11/h5H,3-4H2,1-2H3,(H2,8,12)(H,10,11). The summed E-state index contributed by atoms with van der Waals surface area (Å²) in [6.45, 7) is 4.48. The monoisotopic (exact) mass is 190 g/mol. The Morgan fingerprint density at radius 3 is 2.50 bits per heavy atom. The van der Waals surface area contributed by atoms with Crippen LogP contribution in [0.4, 0.5) is 0 Å². The Labute approximate surface area is 77.3 Å². The Hall–Kier alpha value is -0.680. The fourth-order valence-electron chi connectivity index (χ4n) is 0.879. The lowest BCUT2D eigenvalue weighted by Gasteiger charge is -2.23. The zero-order chi connectivity index (χ0) is 9.72. The summed E-state index contributed by atoms with van der Waals surface area (Å²) < 4.78 is 0. The SMILES string of the molecule is CCN(CC(N)=S)C(C)C(=O)O. The molecule has 0 bridgehead atoms. The number of nitrogens with two attached hydrogens (primary N) is 1. The Morgan fingerprint density at radius 1 is 1.75 bits per heavy atom. The number of hydrogen-bond acceptors (Lipinski definition) is 3. The maximum Gasteiger partial charge on any atom is 0.320 e. The fourth-order valence-corrected chi connectivity index (χ4v) is 1.04. The van der Waals surface area contributed by atoms with E-state index in [0.29, 0.717) is 18.1 Å². The van der Waals surface area contributed by atoms with Crippen LogP contribution in [0.2, 0.25) is 0 Å². The lowest BCUT2D eigenvalue weighted by molar-refractivity contribution is -0.142. The number of carboxylic acids is 1. The molecule has 0 aliphatic heterocycles. The van der Waals surface area contributed by atoms with E-state index in [1.54, 1.807) is 11.8 Å². The number of likely N-dealkylation sites (N-methyl/N-ethyl adjacent to an activating group) is 1. The molecule has 0 heterocycles. The summed E-state index contributed by atoms with van der Waals surface area (Å²) in [4.78, 5) is 12.6. The summed E-state index contributed by atoms with van der Waals surface area (Å²) in [7, 11) is 0. The summed E-state index contributed by atoms with van der Waals surface area (Å²) in [6, 6.07) is -0.531. The topological polar surface area (TPSA) is 66.6 Å². The van der Waals surface area contributed by atoms with E-state index in [2.05, 4.69) is 12.2 Å². The van der Waals surface area contributed by atoms with Crippen LogP contribution in [0.5, 0.6) is 0 Å². The van der Waals surface area contributed by atoms with Gasteiger partial charge < -0.3 is 10.8 Å². The third-order valence-corrected chi connectivity index (χ3v) is 1.80. The first-order valence-corrected chi connectivity index (χ1v) is 4.15. The van der Waals surface area contributed by atoms with Gasteiger partial charge in [-0.2, -0.15) is 0 Å². The van der Waals surface area contributed by atoms with Gasteiger partial charge in [0, 0.05) is 6.54 Å². The summed E-state index contributed by atoms with van der Waals surface area (Å²) in [5, 5.41) is 8.67. The van der Waals surface area contributed by atoms with Crippen LogP contribution in [0.25, 0.3) is 0 Å². The summed E-state index contributed by atoms with van der Waals surface area (Å²) >= 11 is 4.69. The smallest absolute Gasteiger partial charge is 0.320 e. The second-order valence-corrected chi connectivity index (χ2v) is 3.07. The van der Waals surface area contributed by atoms with Gasteiger partial charge in [-0.1, -0.05) is 19.1 Å². The Bertz CT molecular complexity index is 184. The molecule has 0 rings (SSSR count). The third-order valence-electron chi connectivity index (χ3n) is 1.67. The van der Waals surface area contributed by atoms with Crippen molar-refractivity contribution in [3.63, 3.8) is 0 Å². The molecule has 0 saturated heterocycles. The number of aliphatic carboxylic acids is 1. The van der Waals surface area contributed by atoms with Crippen molar-refractivity contribution in [2.75, 3.05) is 13.1 Å². The largest absolute Gasteiger partial charge is 0.480 e. The molecular weight excluding hydrogens is 176 g/mol. The molecule has 0 spiro atoms. The Balaban J connectivity index is 4.14. The highest BCUT2D eigenvalue weighted by molar-refractivity contribution is 7.80. The van der Waals surface area contributed by atoms with Crippen molar-refractivity contribution in [2.45, 2.75) is 19.9 Å². The van der Waals surface area contributed by atoms with Crippen LogP contribution in [-0.4, -0.2) is 40.1 Å². The normalized spacial score (nSPS) is 12.9. The molecule has 0 radical (unpaired) electrons. The Morgan fingerprint density at radius 2 is 2.25 bits per heavy atom. The number of carboxylic acid groups (broad SMARTS) is 1. The first kappa shape index (κ1) is 11.3. The average Bonchev–Trinajstić information content (AvgIpc) is 1.98. The van der Waals surface area contributed by atoms with Crippen LogP contribution in [0.1, 0.15) is 13.8 Å². The van der Waals surface area contributed by atoms with Crippen molar-refractivity contribution in [3.05, 3.63) is 0 Å².